The van der Waals surface area contributed by atoms with E-state index in [-0.39, 0.29) is 0 Å². The van der Waals surface area contributed by atoms with Crippen LogP contribution in [0.15, 0.2) is 11.6 Å². The van der Waals surface area contributed by atoms with Crippen LogP contribution < -0.4 is 5.32 Å². The molecule has 0 aliphatic carbocycles. The monoisotopic (exact) mass is 211 g/mol. The standard InChI is InChI=1S/C9H13N3OS/c1-6-8(7(13)5-10-2)12-3-4-14-9(12)11-6/h3-4,7,10,13H,5H2,1-2H3. The first kappa shape index (κ1) is 9.64. The number of rotatable bonds is 3. The second-order valence-corrected chi connectivity index (χ2v) is 4.08. The van der Waals surface area contributed by atoms with Gasteiger partial charge in [-0.3, -0.25) is 4.40 Å². The number of imidazole rings is 1. The van der Waals surface area contributed by atoms with Crippen molar-refractivity contribution in [1.29, 1.82) is 0 Å². The van der Waals surface area contributed by atoms with E-state index < -0.39 is 6.10 Å². The van der Waals surface area contributed by atoms with Crippen molar-refractivity contribution in [2.75, 3.05) is 13.6 Å². The Morgan fingerprint density at radius 3 is 3.21 bits per heavy atom. The molecule has 2 rings (SSSR count). The molecular formula is C9H13N3OS. The molecule has 2 aromatic rings. The highest BCUT2D eigenvalue weighted by molar-refractivity contribution is 7.15. The quantitative estimate of drug-likeness (QED) is 0.795. The average Bonchev–Trinajstić information content (AvgIpc) is 2.63. The maximum atomic E-state index is 9.89. The highest BCUT2D eigenvalue weighted by Gasteiger charge is 2.16. The molecule has 0 amide bonds. The van der Waals surface area contributed by atoms with E-state index in [2.05, 4.69) is 10.3 Å². The number of nitrogens with one attached hydrogen (secondary N) is 1. The lowest BCUT2D eigenvalue weighted by Gasteiger charge is -2.09. The number of aliphatic hydroxyl groups is 1. The van der Waals surface area contributed by atoms with Gasteiger partial charge in [-0.05, 0) is 14.0 Å². The fraction of sp³-hybridized carbons (Fsp3) is 0.444. The van der Waals surface area contributed by atoms with Crippen LogP contribution in [0.3, 0.4) is 0 Å². The number of fused-ring (bicyclic) bond motifs is 1. The van der Waals surface area contributed by atoms with Crippen molar-refractivity contribution in [3.05, 3.63) is 23.0 Å². The summed E-state index contributed by atoms with van der Waals surface area (Å²) in [6, 6.07) is 0. The Kier molecular flexibility index (Phi) is 2.54. The van der Waals surface area contributed by atoms with Gasteiger partial charge in [0, 0.05) is 18.1 Å². The van der Waals surface area contributed by atoms with Crippen molar-refractivity contribution in [2.45, 2.75) is 13.0 Å². The van der Waals surface area contributed by atoms with Gasteiger partial charge in [-0.15, -0.1) is 11.3 Å². The minimum absolute atomic E-state index is 0.496. The number of thiazole rings is 1. The Morgan fingerprint density at radius 2 is 2.50 bits per heavy atom. The number of aryl methyl sites for hydroxylation is 1. The van der Waals surface area contributed by atoms with Gasteiger partial charge >= 0.3 is 0 Å². The zero-order valence-electron chi connectivity index (χ0n) is 8.19. The van der Waals surface area contributed by atoms with Crippen LogP contribution in [0.1, 0.15) is 17.5 Å². The van der Waals surface area contributed by atoms with Gasteiger partial charge in [0.25, 0.3) is 0 Å². The van der Waals surface area contributed by atoms with Crippen molar-refractivity contribution < 1.29 is 5.11 Å². The molecule has 4 nitrogen and oxygen atoms in total. The highest BCUT2D eigenvalue weighted by Crippen LogP contribution is 2.21. The van der Waals surface area contributed by atoms with Gasteiger partial charge in [0.1, 0.15) is 6.10 Å². The predicted molar refractivity (Wildman–Crippen MR) is 56.7 cm³/mol. The Bertz CT molecular complexity index is 434. The minimum Gasteiger partial charge on any atom is -0.385 e. The first-order chi connectivity index (χ1) is 6.74. The molecule has 14 heavy (non-hydrogen) atoms. The molecule has 0 aliphatic heterocycles. The maximum absolute atomic E-state index is 9.89. The number of aliphatic hydroxyl groups excluding tert-OH is 1. The van der Waals surface area contributed by atoms with Crippen molar-refractivity contribution >= 4 is 16.3 Å². The van der Waals surface area contributed by atoms with Crippen LogP contribution in [0, 0.1) is 6.92 Å². The summed E-state index contributed by atoms with van der Waals surface area (Å²) in [7, 11) is 1.82. The van der Waals surface area contributed by atoms with Gasteiger partial charge in [-0.1, -0.05) is 0 Å². The van der Waals surface area contributed by atoms with Crippen LogP contribution in [-0.4, -0.2) is 28.1 Å². The van der Waals surface area contributed by atoms with Crippen LogP contribution in [-0.2, 0) is 0 Å². The molecule has 0 fully saturated rings. The van der Waals surface area contributed by atoms with E-state index in [1.54, 1.807) is 11.3 Å². The normalized spacial score (nSPS) is 13.6. The summed E-state index contributed by atoms with van der Waals surface area (Å²) in [4.78, 5) is 5.31. The molecule has 0 bridgehead atoms. The Labute approximate surface area is 86.2 Å². The van der Waals surface area contributed by atoms with Gasteiger partial charge < -0.3 is 10.4 Å². The summed E-state index contributed by atoms with van der Waals surface area (Å²) >= 11 is 1.58. The van der Waals surface area contributed by atoms with E-state index in [0.29, 0.717) is 6.54 Å². The van der Waals surface area contributed by atoms with Crippen molar-refractivity contribution in [3.63, 3.8) is 0 Å². The maximum Gasteiger partial charge on any atom is 0.194 e. The Balaban J connectivity index is 2.47. The van der Waals surface area contributed by atoms with Crippen LogP contribution in [0.25, 0.3) is 4.96 Å². The van der Waals surface area contributed by atoms with Crippen LogP contribution in [0.4, 0.5) is 0 Å². The van der Waals surface area contributed by atoms with Crippen molar-refractivity contribution in [1.82, 2.24) is 14.7 Å². The fourth-order valence-corrected chi connectivity index (χ4v) is 2.37. The second-order valence-electron chi connectivity index (χ2n) is 3.21. The molecule has 0 spiro atoms. The van der Waals surface area contributed by atoms with E-state index in [0.717, 1.165) is 16.3 Å². The van der Waals surface area contributed by atoms with Gasteiger partial charge in [0.15, 0.2) is 4.96 Å². The molecule has 1 atom stereocenters. The first-order valence-electron chi connectivity index (χ1n) is 4.48. The summed E-state index contributed by atoms with van der Waals surface area (Å²) in [6.45, 7) is 2.47. The smallest absolute Gasteiger partial charge is 0.194 e. The third kappa shape index (κ3) is 1.43. The highest BCUT2D eigenvalue weighted by atomic mass is 32.1. The molecule has 2 aromatic heterocycles. The Hall–Kier alpha value is -0.910. The second kappa shape index (κ2) is 3.68. The largest absolute Gasteiger partial charge is 0.385 e. The molecule has 0 saturated heterocycles. The molecule has 0 saturated carbocycles. The molecule has 0 aliphatic rings. The van der Waals surface area contributed by atoms with E-state index in [4.69, 9.17) is 0 Å². The lowest BCUT2D eigenvalue weighted by molar-refractivity contribution is 0.171. The van der Waals surface area contributed by atoms with Crippen LogP contribution >= 0.6 is 11.3 Å². The molecule has 2 N–H and O–H groups in total. The lowest BCUT2D eigenvalue weighted by atomic mass is 10.2. The number of likely N-dealkylation sites (N-methyl/N-ethyl adjacent to an activating group) is 1. The van der Waals surface area contributed by atoms with Gasteiger partial charge in [-0.2, -0.15) is 0 Å². The van der Waals surface area contributed by atoms with Crippen LogP contribution in [0.2, 0.25) is 0 Å². The van der Waals surface area contributed by atoms with E-state index in [9.17, 15) is 5.11 Å². The summed E-state index contributed by atoms with van der Waals surface area (Å²) < 4.78 is 1.95. The third-order valence-electron chi connectivity index (χ3n) is 2.20. The molecule has 76 valence electrons. The summed E-state index contributed by atoms with van der Waals surface area (Å²) in [5, 5.41) is 14.8. The van der Waals surface area contributed by atoms with Crippen LogP contribution in [0.5, 0.6) is 0 Å². The van der Waals surface area contributed by atoms with Crippen molar-refractivity contribution in [3.8, 4) is 0 Å². The molecule has 5 heteroatoms. The Morgan fingerprint density at radius 1 is 1.71 bits per heavy atom. The summed E-state index contributed by atoms with van der Waals surface area (Å²) in [5.74, 6) is 0. The number of aromatic nitrogens is 2. The molecule has 1 unspecified atom stereocenters. The van der Waals surface area contributed by atoms with Gasteiger partial charge in [-0.25, -0.2) is 4.98 Å². The zero-order chi connectivity index (χ0) is 10.1. The summed E-state index contributed by atoms with van der Waals surface area (Å²) in [6.07, 6.45) is 1.44. The fourth-order valence-electron chi connectivity index (χ4n) is 1.60. The van der Waals surface area contributed by atoms with Gasteiger partial charge in [0.2, 0.25) is 0 Å². The lowest BCUT2D eigenvalue weighted by Crippen LogP contribution is -2.18. The average molecular weight is 211 g/mol. The minimum atomic E-state index is -0.496. The van der Waals surface area contributed by atoms with E-state index in [1.807, 2.05) is 29.9 Å². The SMILES string of the molecule is CNCC(O)c1c(C)nc2sccn12. The summed E-state index contributed by atoms with van der Waals surface area (Å²) in [5.41, 5.74) is 1.79. The number of nitrogens with zero attached hydrogens (tertiary/aromatic N) is 2. The predicted octanol–water partition coefficient (Wildman–Crippen LogP) is 0.957. The topological polar surface area (TPSA) is 49.6 Å². The molecule has 2 heterocycles. The first-order valence-corrected chi connectivity index (χ1v) is 5.36. The number of hydrogen-bond acceptors (Lipinski definition) is 4. The molecule has 0 radical (unpaired) electrons. The zero-order valence-corrected chi connectivity index (χ0v) is 9.01. The van der Waals surface area contributed by atoms with Crippen molar-refractivity contribution in [2.24, 2.45) is 0 Å². The van der Waals surface area contributed by atoms with E-state index in [1.165, 1.54) is 0 Å². The number of hydrogen-bond donors (Lipinski definition) is 2. The van der Waals surface area contributed by atoms with Gasteiger partial charge in [0.05, 0.1) is 11.4 Å². The molecule has 0 aromatic carbocycles. The third-order valence-corrected chi connectivity index (χ3v) is 2.95. The molecular weight excluding hydrogens is 198 g/mol. The van der Waals surface area contributed by atoms with E-state index >= 15 is 0 Å².